The Morgan fingerprint density at radius 2 is 1.78 bits per heavy atom. The lowest BCUT2D eigenvalue weighted by atomic mass is 9.89. The van der Waals surface area contributed by atoms with Crippen LogP contribution >= 0.6 is 0 Å². The molecule has 1 aliphatic carbocycles. The number of benzene rings is 4. The number of fused-ring (bicyclic) bond motifs is 6. The van der Waals surface area contributed by atoms with Gasteiger partial charge in [0.15, 0.2) is 0 Å². The van der Waals surface area contributed by atoms with Crippen LogP contribution < -0.4 is 10.6 Å². The largest absolute Gasteiger partial charge is 0.453 e. The van der Waals surface area contributed by atoms with E-state index < -0.39 is 6.09 Å². The van der Waals surface area contributed by atoms with Crippen molar-refractivity contribution in [2.75, 3.05) is 20.2 Å². The Bertz CT molecular complexity index is 2190. The Kier molecular flexibility index (Phi) is 9.28. The fraction of sp³-hybridized carbons (Fsp3) is 0.256. The van der Waals surface area contributed by atoms with Crippen molar-refractivity contribution < 1.29 is 19.1 Å². The number of aromatic nitrogens is 4. The summed E-state index contributed by atoms with van der Waals surface area (Å²) in [5, 5.41) is 7.54. The molecule has 0 radical (unpaired) electrons. The number of H-pyrrole nitrogens is 2. The van der Waals surface area contributed by atoms with Crippen LogP contribution in [0, 0.1) is 0 Å². The van der Waals surface area contributed by atoms with Crippen LogP contribution in [0.4, 0.5) is 4.79 Å². The summed E-state index contributed by atoms with van der Waals surface area (Å²) < 4.78 is 4.88. The minimum atomic E-state index is -0.488. The number of nitrogens with zero attached hydrogens (tertiary/aromatic N) is 3. The summed E-state index contributed by atoms with van der Waals surface area (Å²) in [5.41, 5.74) is 9.42. The van der Waals surface area contributed by atoms with Crippen LogP contribution in [0.2, 0.25) is 0 Å². The second-order valence-electron chi connectivity index (χ2n) is 12.6. The molecule has 3 amide bonds. The van der Waals surface area contributed by atoms with E-state index in [0.717, 1.165) is 86.4 Å². The maximum atomic E-state index is 12.6. The van der Waals surface area contributed by atoms with E-state index in [0.29, 0.717) is 25.9 Å². The number of ether oxygens (including phenoxy) is 1. The van der Waals surface area contributed by atoms with Gasteiger partial charge in [-0.25, -0.2) is 14.8 Å². The highest BCUT2D eigenvalue weighted by Crippen LogP contribution is 2.36. The molecule has 0 fully saturated rings. The summed E-state index contributed by atoms with van der Waals surface area (Å²) in [6, 6.07) is 26.7. The van der Waals surface area contributed by atoms with Crippen molar-refractivity contribution in [3.8, 4) is 22.4 Å². The molecule has 1 atom stereocenters. The van der Waals surface area contributed by atoms with Gasteiger partial charge < -0.3 is 30.2 Å². The number of carbonyl (C=O) groups is 3. The maximum Gasteiger partial charge on any atom is 0.407 e. The van der Waals surface area contributed by atoms with Crippen LogP contribution in [0.1, 0.15) is 47.9 Å². The number of aryl methyl sites for hydroxylation is 2. The molecule has 0 aliphatic heterocycles. The minimum Gasteiger partial charge on any atom is -0.453 e. The van der Waals surface area contributed by atoms with Crippen molar-refractivity contribution in [1.82, 2.24) is 35.5 Å². The zero-order chi connectivity index (χ0) is 34.6. The number of hydrogen-bond donors (Lipinski definition) is 4. The molecule has 11 nitrogen and oxygen atoms in total. The molecule has 0 bridgehead atoms. The standard InChI is InChI=1S/C39H39N7O4/c1-3-17-46(36(48)21-40-23-47)22-35-42-32-16-12-28-19-26(10-14-30(28)38(32)45-35)25-9-13-29-27(18-25)11-15-31-37(29)44-34(41-31)20-33(43-39(49)50-2)24-7-5-4-6-8-24/h4-11,13-15,18-19,23,33H,3,12,16-17,20-22H2,1-2H3,(H,40,47)(H,41,44)(H,42,45)(H,43,49)/t33-/m0/s1. The molecule has 50 heavy (non-hydrogen) atoms. The molecule has 4 N–H and O–H groups in total. The van der Waals surface area contributed by atoms with Crippen molar-refractivity contribution in [2.24, 2.45) is 0 Å². The summed E-state index contributed by atoms with van der Waals surface area (Å²) in [6.07, 6.45) is 3.07. The van der Waals surface area contributed by atoms with Crippen LogP contribution in [0.15, 0.2) is 78.9 Å². The number of aromatic amines is 2. The van der Waals surface area contributed by atoms with E-state index in [1.165, 1.54) is 12.7 Å². The highest BCUT2D eigenvalue weighted by molar-refractivity contribution is 6.05. The molecule has 0 saturated carbocycles. The Labute approximate surface area is 289 Å². The summed E-state index contributed by atoms with van der Waals surface area (Å²) in [5.74, 6) is 1.39. The lowest BCUT2D eigenvalue weighted by Gasteiger charge is -2.20. The first-order valence-corrected chi connectivity index (χ1v) is 16.9. The van der Waals surface area contributed by atoms with E-state index in [9.17, 15) is 14.4 Å². The number of rotatable bonds is 12. The Hall–Kier alpha value is -5.97. The zero-order valence-corrected chi connectivity index (χ0v) is 28.1. The summed E-state index contributed by atoms with van der Waals surface area (Å²) in [4.78, 5) is 54.0. The van der Waals surface area contributed by atoms with Crippen molar-refractivity contribution in [3.05, 3.63) is 107 Å². The van der Waals surface area contributed by atoms with Gasteiger partial charge in [-0.2, -0.15) is 0 Å². The van der Waals surface area contributed by atoms with E-state index in [2.05, 4.69) is 69.1 Å². The van der Waals surface area contributed by atoms with Crippen LogP contribution in [-0.4, -0.2) is 63.4 Å². The highest BCUT2D eigenvalue weighted by Gasteiger charge is 2.23. The highest BCUT2D eigenvalue weighted by atomic mass is 16.5. The molecule has 11 heteroatoms. The molecule has 0 unspecified atom stereocenters. The Balaban J connectivity index is 1.12. The van der Waals surface area contributed by atoms with Crippen molar-refractivity contribution >= 4 is 40.2 Å². The van der Waals surface area contributed by atoms with Crippen LogP contribution in [0.5, 0.6) is 0 Å². The Morgan fingerprint density at radius 1 is 0.960 bits per heavy atom. The SMILES string of the molecule is CCCN(Cc1nc2c([nH]1)CCc1cc(-c3ccc4c(ccc5[nH]c(C[C@H](NC(=O)OC)c6ccccc6)nc54)c3)ccc1-2)C(=O)CNC=O. The van der Waals surface area contributed by atoms with Crippen molar-refractivity contribution in [2.45, 2.75) is 45.2 Å². The summed E-state index contributed by atoms with van der Waals surface area (Å²) in [6.45, 7) is 2.96. The third-order valence-corrected chi connectivity index (χ3v) is 9.28. The van der Waals surface area contributed by atoms with Gasteiger partial charge in [-0.05, 0) is 59.0 Å². The van der Waals surface area contributed by atoms with Gasteiger partial charge in [-0.15, -0.1) is 0 Å². The van der Waals surface area contributed by atoms with E-state index in [4.69, 9.17) is 14.7 Å². The molecule has 254 valence electrons. The van der Waals surface area contributed by atoms with E-state index in [1.807, 2.05) is 37.3 Å². The average Bonchev–Trinajstić information content (AvgIpc) is 3.77. The molecule has 2 aromatic heterocycles. The average molecular weight is 670 g/mol. The first-order chi connectivity index (χ1) is 24.4. The second kappa shape index (κ2) is 14.3. The number of amides is 3. The fourth-order valence-corrected chi connectivity index (χ4v) is 6.86. The summed E-state index contributed by atoms with van der Waals surface area (Å²) in [7, 11) is 1.36. The number of alkyl carbamates (subject to hydrolysis) is 1. The quantitative estimate of drug-likeness (QED) is 0.118. The lowest BCUT2D eigenvalue weighted by Crippen LogP contribution is -2.38. The topological polar surface area (TPSA) is 145 Å². The number of carbonyl (C=O) groups excluding carboxylic acids is 3. The van der Waals surface area contributed by atoms with Crippen LogP contribution in [0.3, 0.4) is 0 Å². The van der Waals surface area contributed by atoms with E-state index in [-0.39, 0.29) is 18.5 Å². The zero-order valence-electron chi connectivity index (χ0n) is 28.1. The summed E-state index contributed by atoms with van der Waals surface area (Å²) >= 11 is 0. The van der Waals surface area contributed by atoms with Gasteiger partial charge in [0.1, 0.15) is 11.6 Å². The van der Waals surface area contributed by atoms with Gasteiger partial charge in [0.05, 0.1) is 43.0 Å². The van der Waals surface area contributed by atoms with E-state index >= 15 is 0 Å². The van der Waals surface area contributed by atoms with Gasteiger partial charge in [-0.1, -0.05) is 73.7 Å². The fourth-order valence-electron chi connectivity index (χ4n) is 6.86. The number of imidazole rings is 2. The monoisotopic (exact) mass is 669 g/mol. The van der Waals surface area contributed by atoms with Crippen molar-refractivity contribution in [3.63, 3.8) is 0 Å². The van der Waals surface area contributed by atoms with Gasteiger partial charge in [0.2, 0.25) is 12.3 Å². The number of hydrogen-bond acceptors (Lipinski definition) is 6. The van der Waals surface area contributed by atoms with Crippen LogP contribution in [-0.2, 0) is 40.1 Å². The third kappa shape index (κ3) is 6.67. The van der Waals surface area contributed by atoms with Gasteiger partial charge in [0.25, 0.3) is 0 Å². The molecule has 6 aromatic rings. The Morgan fingerprint density at radius 3 is 2.58 bits per heavy atom. The number of nitrogens with one attached hydrogen (secondary N) is 4. The van der Waals surface area contributed by atoms with Gasteiger partial charge in [-0.3, -0.25) is 9.59 Å². The molecule has 0 saturated heterocycles. The molecular weight excluding hydrogens is 630 g/mol. The third-order valence-electron chi connectivity index (χ3n) is 9.28. The van der Waals surface area contributed by atoms with E-state index in [1.54, 1.807) is 4.90 Å². The first kappa shape index (κ1) is 32.6. The molecule has 0 spiro atoms. The molecular formula is C39H39N7O4. The predicted molar refractivity (Wildman–Crippen MR) is 192 cm³/mol. The second-order valence-corrected chi connectivity index (χ2v) is 12.6. The lowest BCUT2D eigenvalue weighted by molar-refractivity contribution is -0.132. The van der Waals surface area contributed by atoms with Crippen LogP contribution in [0.25, 0.3) is 44.2 Å². The molecule has 1 aliphatic rings. The van der Waals surface area contributed by atoms with Crippen molar-refractivity contribution in [1.29, 1.82) is 0 Å². The normalized spacial score (nSPS) is 12.6. The predicted octanol–water partition coefficient (Wildman–Crippen LogP) is 6.00. The molecule has 7 rings (SSSR count). The first-order valence-electron chi connectivity index (χ1n) is 16.9. The number of methoxy groups -OCH3 is 1. The smallest absolute Gasteiger partial charge is 0.407 e. The maximum absolute atomic E-state index is 12.6. The molecule has 2 heterocycles. The van der Waals surface area contributed by atoms with Gasteiger partial charge >= 0.3 is 6.09 Å². The molecule has 4 aromatic carbocycles. The van der Waals surface area contributed by atoms with Gasteiger partial charge in [0, 0.05) is 29.6 Å². The minimum absolute atomic E-state index is 0.0245.